The van der Waals surface area contributed by atoms with E-state index in [4.69, 9.17) is 14.2 Å². The molecular weight excluding hydrogens is 336 g/mol. The molecule has 1 aliphatic heterocycles. The maximum atomic E-state index is 6.07. The zero-order chi connectivity index (χ0) is 18.5. The molecule has 0 aromatic rings. The normalized spacial score (nSPS) is 37.7. The van der Waals surface area contributed by atoms with Gasteiger partial charge in [0.2, 0.25) is 0 Å². The monoisotopic (exact) mass is 378 g/mol. The van der Waals surface area contributed by atoms with Crippen molar-refractivity contribution in [2.24, 2.45) is 23.7 Å². The quantitative estimate of drug-likeness (QED) is 0.523. The van der Waals surface area contributed by atoms with Crippen LogP contribution in [0.2, 0.25) is 0 Å². The van der Waals surface area contributed by atoms with Crippen LogP contribution in [-0.2, 0) is 14.2 Å². The average Bonchev–Trinajstić information content (AvgIpc) is 3.17. The van der Waals surface area contributed by atoms with Crippen molar-refractivity contribution in [2.45, 2.75) is 109 Å². The number of hydrogen-bond acceptors (Lipinski definition) is 3. The van der Waals surface area contributed by atoms with E-state index in [0.717, 1.165) is 56.3 Å². The van der Waals surface area contributed by atoms with Gasteiger partial charge in [-0.25, -0.2) is 0 Å². The van der Waals surface area contributed by atoms with Crippen molar-refractivity contribution in [3.05, 3.63) is 0 Å². The molecule has 0 N–H and O–H groups in total. The Bertz CT molecular complexity index is 419. The van der Waals surface area contributed by atoms with Crippen LogP contribution in [0.15, 0.2) is 0 Å². The van der Waals surface area contributed by atoms with Gasteiger partial charge < -0.3 is 14.2 Å². The van der Waals surface area contributed by atoms with E-state index < -0.39 is 0 Å². The molecule has 4 rings (SSSR count). The molecule has 0 aromatic carbocycles. The molecular formula is C24H42O3. The van der Waals surface area contributed by atoms with Gasteiger partial charge in [0.05, 0.1) is 19.3 Å². The van der Waals surface area contributed by atoms with Gasteiger partial charge in [-0.3, -0.25) is 0 Å². The van der Waals surface area contributed by atoms with Crippen LogP contribution in [0, 0.1) is 23.7 Å². The van der Waals surface area contributed by atoms with Crippen LogP contribution in [-0.4, -0.2) is 31.7 Å². The molecule has 0 atom stereocenters. The van der Waals surface area contributed by atoms with Crippen LogP contribution < -0.4 is 0 Å². The Morgan fingerprint density at radius 1 is 0.704 bits per heavy atom. The molecule has 0 bridgehead atoms. The largest absolute Gasteiger partial charge is 0.378 e. The first kappa shape index (κ1) is 20.2. The lowest BCUT2D eigenvalue weighted by molar-refractivity contribution is -0.185. The number of ether oxygens (including phenoxy) is 3. The fourth-order valence-corrected chi connectivity index (χ4v) is 6.55. The van der Waals surface area contributed by atoms with Crippen molar-refractivity contribution < 1.29 is 14.2 Å². The van der Waals surface area contributed by atoms with E-state index in [9.17, 15) is 0 Å². The molecule has 3 aliphatic carbocycles. The van der Waals surface area contributed by atoms with Gasteiger partial charge in [-0.05, 0) is 94.3 Å². The molecule has 4 fully saturated rings. The fourth-order valence-electron chi connectivity index (χ4n) is 6.55. The van der Waals surface area contributed by atoms with Gasteiger partial charge in [0.1, 0.15) is 0 Å². The van der Waals surface area contributed by atoms with Gasteiger partial charge in [-0.1, -0.05) is 13.3 Å². The maximum Gasteiger partial charge on any atom is 0.168 e. The fraction of sp³-hybridized carbons (Fsp3) is 1.00. The zero-order valence-corrected chi connectivity index (χ0v) is 17.6. The van der Waals surface area contributed by atoms with Crippen LogP contribution in [0.3, 0.4) is 0 Å². The number of rotatable bonds is 6. The summed E-state index contributed by atoms with van der Waals surface area (Å²) in [5.41, 5.74) is 0. The molecule has 0 radical (unpaired) electrons. The predicted molar refractivity (Wildman–Crippen MR) is 109 cm³/mol. The van der Waals surface area contributed by atoms with Gasteiger partial charge in [0.25, 0.3) is 0 Å². The molecule has 27 heavy (non-hydrogen) atoms. The van der Waals surface area contributed by atoms with Gasteiger partial charge in [-0.15, -0.1) is 0 Å². The third-order valence-corrected chi connectivity index (χ3v) is 8.33. The Balaban J connectivity index is 1.15. The van der Waals surface area contributed by atoms with Crippen LogP contribution >= 0.6 is 0 Å². The third-order valence-electron chi connectivity index (χ3n) is 8.33. The Morgan fingerprint density at radius 3 is 1.70 bits per heavy atom. The second-order valence-electron chi connectivity index (χ2n) is 9.88. The Hall–Kier alpha value is -0.120. The maximum absolute atomic E-state index is 6.07. The summed E-state index contributed by atoms with van der Waals surface area (Å²) in [7, 11) is 0. The van der Waals surface area contributed by atoms with Crippen LogP contribution in [0.25, 0.3) is 0 Å². The van der Waals surface area contributed by atoms with E-state index in [1.807, 2.05) is 0 Å². The van der Waals surface area contributed by atoms with Crippen molar-refractivity contribution in [2.75, 3.05) is 19.8 Å². The molecule has 1 spiro atoms. The molecule has 0 unspecified atom stereocenters. The molecule has 4 aliphatic rings. The highest BCUT2D eigenvalue weighted by atomic mass is 16.7. The minimum Gasteiger partial charge on any atom is -0.378 e. The van der Waals surface area contributed by atoms with Gasteiger partial charge in [0, 0.05) is 19.4 Å². The van der Waals surface area contributed by atoms with E-state index in [2.05, 4.69) is 6.92 Å². The first-order chi connectivity index (χ1) is 13.3. The summed E-state index contributed by atoms with van der Waals surface area (Å²) < 4.78 is 17.9. The van der Waals surface area contributed by atoms with E-state index >= 15 is 0 Å². The van der Waals surface area contributed by atoms with E-state index in [0.29, 0.717) is 6.10 Å². The van der Waals surface area contributed by atoms with Crippen molar-refractivity contribution in [3.63, 3.8) is 0 Å². The summed E-state index contributed by atoms with van der Waals surface area (Å²) in [5, 5.41) is 0. The summed E-state index contributed by atoms with van der Waals surface area (Å²) in [5.74, 6) is 3.74. The van der Waals surface area contributed by atoms with Crippen molar-refractivity contribution in [1.82, 2.24) is 0 Å². The van der Waals surface area contributed by atoms with Crippen LogP contribution in [0.1, 0.15) is 96.8 Å². The van der Waals surface area contributed by atoms with Crippen LogP contribution in [0.4, 0.5) is 0 Å². The highest BCUT2D eigenvalue weighted by Gasteiger charge is 2.42. The Kier molecular flexibility index (Phi) is 7.16. The molecule has 1 saturated heterocycles. The molecule has 3 heteroatoms. The molecule has 3 saturated carbocycles. The molecule has 0 amide bonds. The van der Waals surface area contributed by atoms with Gasteiger partial charge in [0.15, 0.2) is 5.79 Å². The lowest BCUT2D eigenvalue weighted by Gasteiger charge is -2.42. The van der Waals surface area contributed by atoms with E-state index in [1.165, 1.54) is 77.0 Å². The SMILES string of the molecule is CCCCOC1CCC(C2CCC(C3CCC4(CC3)OCCO4)CC2)CC1. The second-order valence-corrected chi connectivity index (χ2v) is 9.88. The Morgan fingerprint density at radius 2 is 1.19 bits per heavy atom. The predicted octanol–water partition coefficient (Wildman–Crippen LogP) is 6.10. The van der Waals surface area contributed by atoms with Crippen molar-refractivity contribution >= 4 is 0 Å². The Labute approximate surface area is 166 Å². The smallest absolute Gasteiger partial charge is 0.168 e. The molecule has 3 nitrogen and oxygen atoms in total. The van der Waals surface area contributed by atoms with E-state index in [-0.39, 0.29) is 5.79 Å². The molecule has 0 aromatic heterocycles. The first-order valence-corrected chi connectivity index (χ1v) is 12.2. The lowest BCUT2D eigenvalue weighted by Crippen LogP contribution is -2.38. The summed E-state index contributed by atoms with van der Waals surface area (Å²) in [6.45, 7) is 4.84. The standard InChI is InChI=1S/C24H42O3/c1-2-3-16-25-23-10-8-21(9-11-23)19-4-6-20(7-5-19)22-12-14-24(15-13-22)26-17-18-27-24/h19-23H,2-18H2,1H3. The summed E-state index contributed by atoms with van der Waals surface area (Å²) >= 11 is 0. The molecule has 156 valence electrons. The highest BCUT2D eigenvalue weighted by molar-refractivity contribution is 4.88. The zero-order valence-electron chi connectivity index (χ0n) is 17.6. The van der Waals surface area contributed by atoms with E-state index in [1.54, 1.807) is 0 Å². The molecule has 1 heterocycles. The average molecular weight is 379 g/mol. The van der Waals surface area contributed by atoms with Gasteiger partial charge in [-0.2, -0.15) is 0 Å². The summed E-state index contributed by atoms with van der Waals surface area (Å²) in [6.07, 6.45) is 19.4. The van der Waals surface area contributed by atoms with Crippen LogP contribution in [0.5, 0.6) is 0 Å². The second kappa shape index (κ2) is 9.59. The highest BCUT2D eigenvalue weighted by Crippen LogP contribution is 2.47. The van der Waals surface area contributed by atoms with Crippen molar-refractivity contribution in [3.8, 4) is 0 Å². The topological polar surface area (TPSA) is 27.7 Å². The number of unbranched alkanes of at least 4 members (excludes halogenated alkanes) is 1. The minimum atomic E-state index is -0.175. The summed E-state index contributed by atoms with van der Waals surface area (Å²) in [6, 6.07) is 0. The third kappa shape index (κ3) is 5.08. The van der Waals surface area contributed by atoms with Crippen molar-refractivity contribution in [1.29, 1.82) is 0 Å². The first-order valence-electron chi connectivity index (χ1n) is 12.2. The number of hydrogen-bond donors (Lipinski definition) is 0. The minimum absolute atomic E-state index is 0.175. The van der Waals surface area contributed by atoms with Gasteiger partial charge >= 0.3 is 0 Å². The lowest BCUT2D eigenvalue weighted by atomic mass is 9.66. The summed E-state index contributed by atoms with van der Waals surface area (Å²) in [4.78, 5) is 0.